The number of carbonyl (C=O) groups excluding carboxylic acids is 2. The molecule has 1 atom stereocenters. The molecule has 1 heterocycles. The van der Waals surface area contributed by atoms with Crippen molar-refractivity contribution in [2.45, 2.75) is 16.5 Å². The Bertz CT molecular complexity index is 628. The zero-order valence-electron chi connectivity index (χ0n) is 11.6. The zero-order valence-corrected chi connectivity index (χ0v) is 13.3. The first-order chi connectivity index (χ1) is 10.1. The number of thioether (sulfide) groups is 1. The third-order valence-corrected chi connectivity index (χ3v) is 4.96. The Morgan fingerprint density at radius 2 is 2.00 bits per heavy atom. The number of nitrogens with zero attached hydrogens (tertiary/aromatic N) is 1. The normalized spacial score (nSPS) is 11.7. The molecule has 3 amide bonds. The third kappa shape index (κ3) is 4.30. The fraction of sp³-hybridized carbons (Fsp3) is 0.214. The van der Waals surface area contributed by atoms with E-state index in [1.807, 2.05) is 42.6 Å². The van der Waals surface area contributed by atoms with Crippen molar-refractivity contribution in [1.82, 2.24) is 15.6 Å². The summed E-state index contributed by atoms with van der Waals surface area (Å²) in [6.45, 7) is 1.91. The van der Waals surface area contributed by atoms with Crippen LogP contribution in [0.3, 0.4) is 0 Å². The molecule has 2 N–H and O–H groups in total. The van der Waals surface area contributed by atoms with Crippen molar-refractivity contribution in [3.05, 3.63) is 47.0 Å². The van der Waals surface area contributed by atoms with Gasteiger partial charge < -0.3 is 5.32 Å². The van der Waals surface area contributed by atoms with Gasteiger partial charge in [0.25, 0.3) is 0 Å². The summed E-state index contributed by atoms with van der Waals surface area (Å²) in [5, 5.41) is 6.11. The van der Waals surface area contributed by atoms with Gasteiger partial charge in [-0.3, -0.25) is 10.1 Å². The molecule has 0 spiro atoms. The van der Waals surface area contributed by atoms with Crippen LogP contribution in [0, 0.1) is 6.92 Å². The van der Waals surface area contributed by atoms with Gasteiger partial charge in [-0.1, -0.05) is 42.1 Å². The van der Waals surface area contributed by atoms with Gasteiger partial charge in [0.05, 0.1) is 0 Å². The van der Waals surface area contributed by atoms with E-state index in [1.54, 1.807) is 0 Å². The molecule has 0 saturated carbocycles. The summed E-state index contributed by atoms with van der Waals surface area (Å²) in [6.07, 6.45) is 0. The number of amides is 3. The Balaban J connectivity index is 2.22. The molecular weight excluding hydrogens is 306 g/mol. The lowest BCUT2D eigenvalue weighted by Gasteiger charge is -2.14. The van der Waals surface area contributed by atoms with Crippen molar-refractivity contribution >= 4 is 35.0 Å². The van der Waals surface area contributed by atoms with Crippen LogP contribution in [-0.2, 0) is 4.79 Å². The summed E-state index contributed by atoms with van der Waals surface area (Å²) in [7, 11) is 1.47. The Hall–Kier alpha value is -1.86. The predicted molar refractivity (Wildman–Crippen MR) is 84.5 cm³/mol. The Kier molecular flexibility index (Phi) is 5.35. The smallest absolute Gasteiger partial charge is 0.321 e. The number of aryl methyl sites for hydroxylation is 1. The molecule has 0 aliphatic heterocycles. The van der Waals surface area contributed by atoms with Crippen LogP contribution in [0.25, 0.3) is 0 Å². The molecule has 110 valence electrons. The van der Waals surface area contributed by atoms with Crippen molar-refractivity contribution in [1.29, 1.82) is 0 Å². The van der Waals surface area contributed by atoms with Crippen LogP contribution in [0.15, 0.2) is 40.1 Å². The maximum absolute atomic E-state index is 12.3. The van der Waals surface area contributed by atoms with Crippen molar-refractivity contribution in [3.8, 4) is 0 Å². The van der Waals surface area contributed by atoms with E-state index in [9.17, 15) is 9.59 Å². The Morgan fingerprint density at radius 1 is 1.29 bits per heavy atom. The second-order valence-electron chi connectivity index (χ2n) is 4.23. The molecule has 0 saturated heterocycles. The first-order valence-corrected chi connectivity index (χ1v) is 8.02. The van der Waals surface area contributed by atoms with Crippen molar-refractivity contribution in [2.75, 3.05) is 7.05 Å². The number of carbonyl (C=O) groups is 2. The fourth-order valence-corrected chi connectivity index (χ4v) is 3.66. The molecule has 5 nitrogen and oxygen atoms in total. The second-order valence-corrected chi connectivity index (χ2v) is 6.44. The summed E-state index contributed by atoms with van der Waals surface area (Å²) in [6, 6.07) is 8.82. The lowest BCUT2D eigenvalue weighted by Crippen LogP contribution is -2.39. The molecule has 2 aromatic rings. The lowest BCUT2D eigenvalue weighted by molar-refractivity contribution is -0.119. The Labute approximate surface area is 131 Å². The first-order valence-electron chi connectivity index (χ1n) is 6.26. The molecule has 0 aliphatic rings. The van der Waals surface area contributed by atoms with Gasteiger partial charge in [0, 0.05) is 18.1 Å². The van der Waals surface area contributed by atoms with Crippen LogP contribution in [0.5, 0.6) is 0 Å². The van der Waals surface area contributed by atoms with Crippen molar-refractivity contribution in [2.24, 2.45) is 0 Å². The highest BCUT2D eigenvalue weighted by Gasteiger charge is 2.24. The molecule has 0 aliphatic carbocycles. The van der Waals surface area contributed by atoms with E-state index >= 15 is 0 Å². The molecule has 21 heavy (non-hydrogen) atoms. The number of nitrogens with one attached hydrogen (secondary N) is 2. The van der Waals surface area contributed by atoms with Gasteiger partial charge >= 0.3 is 6.03 Å². The molecule has 7 heteroatoms. The number of hydrogen-bond acceptors (Lipinski definition) is 5. The Morgan fingerprint density at radius 3 is 2.57 bits per heavy atom. The number of urea groups is 1. The highest BCUT2D eigenvalue weighted by molar-refractivity contribution is 8.01. The predicted octanol–water partition coefficient (Wildman–Crippen LogP) is 2.74. The molecule has 0 unspecified atom stereocenters. The molecule has 2 rings (SSSR count). The van der Waals surface area contributed by atoms with E-state index in [0.717, 1.165) is 15.6 Å². The van der Waals surface area contributed by atoms with E-state index < -0.39 is 11.3 Å². The van der Waals surface area contributed by atoms with Crippen LogP contribution >= 0.6 is 23.1 Å². The maximum atomic E-state index is 12.3. The van der Waals surface area contributed by atoms with Gasteiger partial charge in [-0.25, -0.2) is 9.78 Å². The molecule has 0 bridgehead atoms. The summed E-state index contributed by atoms with van der Waals surface area (Å²) < 4.78 is 0.799. The minimum absolute atomic E-state index is 0.363. The summed E-state index contributed by atoms with van der Waals surface area (Å²) in [5.41, 5.74) is 1.75. The van der Waals surface area contributed by atoms with Gasteiger partial charge in [-0.05, 0) is 12.5 Å². The van der Waals surface area contributed by atoms with Crippen LogP contribution in [-0.4, -0.2) is 24.0 Å². The van der Waals surface area contributed by atoms with Crippen molar-refractivity contribution < 1.29 is 9.59 Å². The zero-order chi connectivity index (χ0) is 15.2. The van der Waals surface area contributed by atoms with Crippen LogP contribution < -0.4 is 10.6 Å². The monoisotopic (exact) mass is 321 g/mol. The van der Waals surface area contributed by atoms with Crippen molar-refractivity contribution in [3.63, 3.8) is 0 Å². The highest BCUT2D eigenvalue weighted by atomic mass is 32.2. The molecular formula is C14H15N3O2S2. The number of aromatic nitrogens is 1. The average molecular weight is 321 g/mol. The number of benzene rings is 1. The topological polar surface area (TPSA) is 71.1 Å². The van der Waals surface area contributed by atoms with Gasteiger partial charge in [-0.15, -0.1) is 11.3 Å². The third-order valence-electron chi connectivity index (χ3n) is 2.62. The maximum Gasteiger partial charge on any atom is 0.321 e. The first kappa shape index (κ1) is 15.5. The molecule has 0 radical (unpaired) electrons. The van der Waals surface area contributed by atoms with Crippen LogP contribution in [0.2, 0.25) is 0 Å². The molecule has 1 aromatic carbocycles. The molecule has 0 fully saturated rings. The van der Waals surface area contributed by atoms with Gasteiger partial charge in [0.1, 0.15) is 5.25 Å². The van der Waals surface area contributed by atoms with E-state index in [0.29, 0.717) is 0 Å². The minimum atomic E-state index is -0.519. The van der Waals surface area contributed by atoms with E-state index in [-0.39, 0.29) is 5.91 Å². The lowest BCUT2D eigenvalue weighted by atomic mass is 10.1. The number of imide groups is 1. The van der Waals surface area contributed by atoms with E-state index in [1.165, 1.54) is 30.1 Å². The quantitative estimate of drug-likeness (QED) is 0.850. The van der Waals surface area contributed by atoms with Crippen LogP contribution in [0.1, 0.15) is 16.5 Å². The number of thiazole rings is 1. The SMILES string of the molecule is CNC(=O)NC(=O)[C@H](Sc1nc(C)cs1)c1ccccc1. The largest absolute Gasteiger partial charge is 0.341 e. The summed E-state index contributed by atoms with van der Waals surface area (Å²) in [4.78, 5) is 28.0. The minimum Gasteiger partial charge on any atom is -0.341 e. The van der Waals surface area contributed by atoms with E-state index in [4.69, 9.17) is 0 Å². The van der Waals surface area contributed by atoms with Gasteiger partial charge in [-0.2, -0.15) is 0 Å². The highest BCUT2D eigenvalue weighted by Crippen LogP contribution is 2.36. The number of hydrogen-bond donors (Lipinski definition) is 2. The van der Waals surface area contributed by atoms with E-state index in [2.05, 4.69) is 15.6 Å². The average Bonchev–Trinajstić information content (AvgIpc) is 2.90. The van der Waals surface area contributed by atoms with Crippen LogP contribution in [0.4, 0.5) is 4.79 Å². The van der Waals surface area contributed by atoms with Gasteiger partial charge in [0.15, 0.2) is 4.34 Å². The summed E-state index contributed by atoms with van der Waals surface area (Å²) in [5.74, 6) is -0.363. The second kappa shape index (κ2) is 7.24. The number of rotatable bonds is 4. The molecule has 1 aromatic heterocycles. The summed E-state index contributed by atoms with van der Waals surface area (Å²) >= 11 is 2.82. The standard InChI is InChI=1S/C14H15N3O2S2/c1-9-8-20-14(16-9)21-11(10-6-4-3-5-7-10)12(18)17-13(19)15-2/h3-8,11H,1-2H3,(H2,15,17,18,19)/t11-/m1/s1. The fourth-order valence-electron chi connectivity index (χ4n) is 1.63. The van der Waals surface area contributed by atoms with Gasteiger partial charge in [0.2, 0.25) is 5.91 Å².